The maximum absolute atomic E-state index is 2.36. The average Bonchev–Trinajstić information content (AvgIpc) is 3.23. The molecule has 0 N–H and O–H groups in total. The number of aryl methyl sites for hydroxylation is 1. The summed E-state index contributed by atoms with van der Waals surface area (Å²) in [5, 5.41) is 2.55. The van der Waals surface area contributed by atoms with Crippen LogP contribution >= 0.6 is 0 Å². The number of nitrogens with zero attached hydrogens (tertiary/aromatic N) is 2. The highest BCUT2D eigenvalue weighted by molar-refractivity contribution is 6.10. The summed E-state index contributed by atoms with van der Waals surface area (Å²) in [5.41, 5.74) is 9.74. The highest BCUT2D eigenvalue weighted by atomic mass is 15.1. The van der Waals surface area contributed by atoms with Crippen LogP contribution in [0.4, 0.5) is 11.4 Å². The molecular weight excluding hydrogens is 412 g/mol. The molecule has 0 unspecified atom stereocenters. The van der Waals surface area contributed by atoms with Crippen molar-refractivity contribution in [1.29, 1.82) is 0 Å². The number of hydrogen-bond acceptors (Lipinski definition) is 1. The Morgan fingerprint density at radius 2 is 1.12 bits per heavy atom. The van der Waals surface area contributed by atoms with Gasteiger partial charge in [-0.05, 0) is 72.6 Å². The van der Waals surface area contributed by atoms with Gasteiger partial charge in [-0.2, -0.15) is 0 Å². The lowest BCUT2D eigenvalue weighted by atomic mass is 10.0. The van der Waals surface area contributed by atoms with E-state index in [0.717, 1.165) is 0 Å². The van der Waals surface area contributed by atoms with E-state index < -0.39 is 0 Å². The molecule has 34 heavy (non-hydrogen) atoms. The Balaban J connectivity index is 1.41. The van der Waals surface area contributed by atoms with Gasteiger partial charge in [0.1, 0.15) is 0 Å². The molecule has 0 aliphatic heterocycles. The Morgan fingerprint density at radius 1 is 0.529 bits per heavy atom. The van der Waals surface area contributed by atoms with Gasteiger partial charge in [0.05, 0.1) is 11.0 Å². The van der Waals surface area contributed by atoms with E-state index in [1.165, 1.54) is 55.6 Å². The number of rotatable bonds is 4. The van der Waals surface area contributed by atoms with Gasteiger partial charge in [0.25, 0.3) is 0 Å². The van der Waals surface area contributed by atoms with Crippen molar-refractivity contribution >= 4 is 33.2 Å². The van der Waals surface area contributed by atoms with Crippen molar-refractivity contribution in [3.8, 4) is 16.8 Å². The van der Waals surface area contributed by atoms with Gasteiger partial charge in [-0.1, -0.05) is 72.3 Å². The largest absolute Gasteiger partial charge is 0.345 e. The van der Waals surface area contributed by atoms with E-state index in [9.17, 15) is 0 Å². The number of para-hydroxylation sites is 2. The van der Waals surface area contributed by atoms with Gasteiger partial charge in [0, 0.05) is 34.9 Å². The minimum absolute atomic E-state index is 1.18. The fourth-order valence-electron chi connectivity index (χ4n) is 4.80. The fourth-order valence-corrected chi connectivity index (χ4v) is 4.80. The summed E-state index contributed by atoms with van der Waals surface area (Å²) in [6, 6.07) is 43.6. The highest BCUT2D eigenvalue weighted by Crippen LogP contribution is 2.35. The SMILES string of the molecule is Cc1ccc(N(C)c2ccc(-c3ccc4c(c3)c3ccccc3n4-c3ccccc3)cc2)cc1. The fraction of sp³-hybridized carbons (Fsp3) is 0.0625. The van der Waals surface area contributed by atoms with Crippen LogP contribution in [0.5, 0.6) is 0 Å². The first-order valence-electron chi connectivity index (χ1n) is 11.7. The molecule has 2 nitrogen and oxygen atoms in total. The molecule has 0 aliphatic rings. The molecule has 164 valence electrons. The molecule has 5 aromatic carbocycles. The van der Waals surface area contributed by atoms with Gasteiger partial charge in [0.2, 0.25) is 0 Å². The van der Waals surface area contributed by atoms with Crippen molar-refractivity contribution in [2.24, 2.45) is 0 Å². The van der Waals surface area contributed by atoms with Gasteiger partial charge >= 0.3 is 0 Å². The average molecular weight is 439 g/mol. The molecule has 1 aromatic heterocycles. The first-order valence-corrected chi connectivity index (χ1v) is 11.7. The van der Waals surface area contributed by atoms with Gasteiger partial charge in [-0.3, -0.25) is 0 Å². The van der Waals surface area contributed by atoms with Crippen LogP contribution in [-0.4, -0.2) is 11.6 Å². The quantitative estimate of drug-likeness (QED) is 0.268. The minimum atomic E-state index is 1.18. The molecule has 0 amide bonds. The van der Waals surface area contributed by atoms with Crippen molar-refractivity contribution < 1.29 is 0 Å². The van der Waals surface area contributed by atoms with Gasteiger partial charge in [-0.15, -0.1) is 0 Å². The van der Waals surface area contributed by atoms with E-state index in [0.29, 0.717) is 0 Å². The summed E-state index contributed by atoms with van der Waals surface area (Å²) in [6.45, 7) is 2.12. The van der Waals surface area contributed by atoms with E-state index >= 15 is 0 Å². The molecule has 2 heteroatoms. The molecular formula is C32H26N2. The van der Waals surface area contributed by atoms with Gasteiger partial charge < -0.3 is 9.47 Å². The molecule has 0 atom stereocenters. The van der Waals surface area contributed by atoms with Crippen LogP contribution in [0.25, 0.3) is 38.6 Å². The third kappa shape index (κ3) is 3.45. The van der Waals surface area contributed by atoms with Crippen molar-refractivity contribution in [2.45, 2.75) is 6.92 Å². The van der Waals surface area contributed by atoms with E-state index in [2.05, 4.69) is 145 Å². The second-order valence-electron chi connectivity index (χ2n) is 8.86. The first-order chi connectivity index (χ1) is 16.7. The minimum Gasteiger partial charge on any atom is -0.345 e. The van der Waals surface area contributed by atoms with Crippen molar-refractivity contribution in [3.05, 3.63) is 127 Å². The Bertz CT molecular complexity index is 1590. The highest BCUT2D eigenvalue weighted by Gasteiger charge is 2.13. The smallest absolute Gasteiger partial charge is 0.0541 e. The molecule has 0 saturated carbocycles. The van der Waals surface area contributed by atoms with Crippen LogP contribution < -0.4 is 4.90 Å². The van der Waals surface area contributed by atoms with E-state index in [-0.39, 0.29) is 0 Å². The molecule has 6 rings (SSSR count). The zero-order valence-corrected chi connectivity index (χ0v) is 19.4. The van der Waals surface area contributed by atoms with Gasteiger partial charge in [-0.25, -0.2) is 0 Å². The third-order valence-electron chi connectivity index (χ3n) is 6.70. The summed E-state index contributed by atoms with van der Waals surface area (Å²) in [6.07, 6.45) is 0. The maximum atomic E-state index is 2.36. The predicted octanol–water partition coefficient (Wildman–Crippen LogP) is 8.53. The molecule has 6 aromatic rings. The van der Waals surface area contributed by atoms with Crippen molar-refractivity contribution in [3.63, 3.8) is 0 Å². The van der Waals surface area contributed by atoms with E-state index in [1.807, 2.05) is 0 Å². The van der Waals surface area contributed by atoms with Crippen LogP contribution in [0.1, 0.15) is 5.56 Å². The Morgan fingerprint density at radius 3 is 1.85 bits per heavy atom. The Hall–Kier alpha value is -4.30. The lowest BCUT2D eigenvalue weighted by molar-refractivity contribution is 1.18. The molecule has 0 fully saturated rings. The molecule has 0 saturated heterocycles. The monoisotopic (exact) mass is 438 g/mol. The second kappa shape index (κ2) is 8.24. The zero-order valence-electron chi connectivity index (χ0n) is 19.4. The van der Waals surface area contributed by atoms with Crippen LogP contribution in [0.15, 0.2) is 121 Å². The number of benzene rings is 5. The zero-order chi connectivity index (χ0) is 23.1. The van der Waals surface area contributed by atoms with Crippen LogP contribution in [-0.2, 0) is 0 Å². The molecule has 0 aliphatic carbocycles. The second-order valence-corrected chi connectivity index (χ2v) is 8.86. The molecule has 0 spiro atoms. The first kappa shape index (κ1) is 20.3. The van der Waals surface area contributed by atoms with Crippen LogP contribution in [0.3, 0.4) is 0 Å². The van der Waals surface area contributed by atoms with Crippen LogP contribution in [0, 0.1) is 6.92 Å². The van der Waals surface area contributed by atoms with E-state index in [1.54, 1.807) is 0 Å². The standard InChI is InChI=1S/C32H26N2/c1-23-12-17-26(18-13-23)33(2)27-19-14-24(15-20-27)25-16-21-32-30(22-25)29-10-6-7-11-31(29)34(32)28-8-4-3-5-9-28/h3-22H,1-2H3. The summed E-state index contributed by atoms with van der Waals surface area (Å²) in [4.78, 5) is 2.22. The maximum Gasteiger partial charge on any atom is 0.0541 e. The lowest BCUT2D eigenvalue weighted by Gasteiger charge is -2.20. The number of fused-ring (bicyclic) bond motifs is 3. The third-order valence-corrected chi connectivity index (χ3v) is 6.70. The number of aromatic nitrogens is 1. The lowest BCUT2D eigenvalue weighted by Crippen LogP contribution is -2.08. The summed E-state index contributed by atoms with van der Waals surface area (Å²) in [7, 11) is 2.12. The molecule has 1 heterocycles. The summed E-state index contributed by atoms with van der Waals surface area (Å²) < 4.78 is 2.36. The van der Waals surface area contributed by atoms with Gasteiger partial charge in [0.15, 0.2) is 0 Å². The Labute approximate surface area is 200 Å². The van der Waals surface area contributed by atoms with Crippen LogP contribution in [0.2, 0.25) is 0 Å². The topological polar surface area (TPSA) is 8.17 Å². The summed E-state index contributed by atoms with van der Waals surface area (Å²) in [5.74, 6) is 0. The number of anilines is 2. The van der Waals surface area contributed by atoms with E-state index in [4.69, 9.17) is 0 Å². The Kier molecular flexibility index (Phi) is 4.92. The molecule has 0 bridgehead atoms. The number of hydrogen-bond donors (Lipinski definition) is 0. The molecule has 0 radical (unpaired) electrons. The van der Waals surface area contributed by atoms with Crippen molar-refractivity contribution in [1.82, 2.24) is 4.57 Å². The summed E-state index contributed by atoms with van der Waals surface area (Å²) >= 11 is 0. The van der Waals surface area contributed by atoms with Crippen molar-refractivity contribution in [2.75, 3.05) is 11.9 Å². The predicted molar refractivity (Wildman–Crippen MR) is 145 cm³/mol. The normalized spacial score (nSPS) is 11.2.